The van der Waals surface area contributed by atoms with Gasteiger partial charge >= 0.3 is 0 Å². The number of thiophene rings is 1. The van der Waals surface area contributed by atoms with Crippen molar-refractivity contribution in [1.29, 1.82) is 0 Å². The number of rotatable bonds is 1. The third-order valence-electron chi connectivity index (χ3n) is 3.03. The Morgan fingerprint density at radius 2 is 2.38 bits per heavy atom. The van der Waals surface area contributed by atoms with Crippen LogP contribution in [-0.4, -0.2) is 10.9 Å². The van der Waals surface area contributed by atoms with Gasteiger partial charge in [-0.2, -0.15) is 4.37 Å². The monoisotopic (exact) mass is 251 g/mol. The van der Waals surface area contributed by atoms with Gasteiger partial charge in [0.2, 0.25) is 0 Å². The number of fused-ring (bicyclic) bond motifs is 1. The summed E-state index contributed by atoms with van der Waals surface area (Å²) in [6.07, 6.45) is 1.14. The standard InChI is InChI=1S/C11H13N3S2/c1-7-10(12)13-16-11(7)14-4-2-9-8(6-14)3-5-15-9/h3,5H,2,4,6H2,1H3,(H2,12,13). The maximum Gasteiger partial charge on any atom is 0.142 e. The number of anilines is 2. The minimum atomic E-state index is 0.677. The van der Waals surface area contributed by atoms with Gasteiger partial charge in [0.05, 0.1) is 0 Å². The van der Waals surface area contributed by atoms with Crippen molar-refractivity contribution in [3.05, 3.63) is 27.5 Å². The first-order valence-electron chi connectivity index (χ1n) is 5.27. The normalized spacial score (nSPS) is 15.2. The molecule has 0 saturated heterocycles. The predicted octanol–water partition coefficient (Wildman–Crippen LogP) is 2.66. The van der Waals surface area contributed by atoms with Crippen LogP contribution in [0.3, 0.4) is 0 Å². The summed E-state index contributed by atoms with van der Waals surface area (Å²) in [4.78, 5) is 3.92. The smallest absolute Gasteiger partial charge is 0.142 e. The summed E-state index contributed by atoms with van der Waals surface area (Å²) in [6, 6.07) is 2.23. The number of nitrogen functional groups attached to an aromatic ring is 1. The first-order valence-corrected chi connectivity index (χ1v) is 6.93. The van der Waals surface area contributed by atoms with E-state index in [-0.39, 0.29) is 0 Å². The molecule has 5 heteroatoms. The summed E-state index contributed by atoms with van der Waals surface area (Å²) in [7, 11) is 0. The average Bonchev–Trinajstić information content (AvgIpc) is 2.86. The molecule has 16 heavy (non-hydrogen) atoms. The third kappa shape index (κ3) is 1.51. The van der Waals surface area contributed by atoms with Gasteiger partial charge in [-0.05, 0) is 41.9 Å². The topological polar surface area (TPSA) is 42.1 Å². The minimum absolute atomic E-state index is 0.677. The molecule has 0 saturated carbocycles. The first-order chi connectivity index (χ1) is 7.75. The molecule has 1 aliphatic rings. The van der Waals surface area contributed by atoms with Crippen LogP contribution in [0.25, 0.3) is 0 Å². The van der Waals surface area contributed by atoms with Crippen molar-refractivity contribution in [1.82, 2.24) is 4.37 Å². The Morgan fingerprint density at radius 3 is 3.12 bits per heavy atom. The summed E-state index contributed by atoms with van der Waals surface area (Å²) in [5.74, 6) is 0.677. The van der Waals surface area contributed by atoms with E-state index in [2.05, 4.69) is 27.6 Å². The summed E-state index contributed by atoms with van der Waals surface area (Å²) >= 11 is 3.38. The van der Waals surface area contributed by atoms with E-state index in [4.69, 9.17) is 5.73 Å². The molecule has 0 atom stereocenters. The minimum Gasteiger partial charge on any atom is -0.383 e. The van der Waals surface area contributed by atoms with Crippen LogP contribution in [0.1, 0.15) is 16.0 Å². The van der Waals surface area contributed by atoms with E-state index < -0.39 is 0 Å². The van der Waals surface area contributed by atoms with Gasteiger partial charge in [0, 0.05) is 23.5 Å². The zero-order valence-electron chi connectivity index (χ0n) is 9.06. The van der Waals surface area contributed by atoms with Crippen LogP contribution in [0.4, 0.5) is 10.8 Å². The van der Waals surface area contributed by atoms with Crippen molar-refractivity contribution in [3.63, 3.8) is 0 Å². The molecule has 0 unspecified atom stereocenters. The molecule has 84 valence electrons. The highest BCUT2D eigenvalue weighted by molar-refractivity contribution is 7.11. The Hall–Kier alpha value is -1.07. The Morgan fingerprint density at radius 1 is 1.50 bits per heavy atom. The Labute approximate surface area is 103 Å². The van der Waals surface area contributed by atoms with Crippen LogP contribution in [0.5, 0.6) is 0 Å². The molecule has 3 heterocycles. The van der Waals surface area contributed by atoms with Gasteiger partial charge < -0.3 is 10.6 Å². The van der Waals surface area contributed by atoms with Gasteiger partial charge in [-0.1, -0.05) is 0 Å². The van der Waals surface area contributed by atoms with Gasteiger partial charge in [0.15, 0.2) is 0 Å². The van der Waals surface area contributed by atoms with E-state index >= 15 is 0 Å². The molecule has 2 aromatic rings. The first kappa shape index (κ1) is 10.1. The maximum absolute atomic E-state index is 5.80. The molecule has 3 rings (SSSR count). The number of hydrogen-bond donors (Lipinski definition) is 1. The molecule has 0 radical (unpaired) electrons. The fourth-order valence-electron chi connectivity index (χ4n) is 2.06. The van der Waals surface area contributed by atoms with Crippen LogP contribution in [0.15, 0.2) is 11.4 Å². The zero-order valence-corrected chi connectivity index (χ0v) is 10.7. The van der Waals surface area contributed by atoms with Gasteiger partial charge in [-0.15, -0.1) is 11.3 Å². The number of aromatic nitrogens is 1. The van der Waals surface area contributed by atoms with E-state index in [1.165, 1.54) is 27.0 Å². The molecule has 0 fully saturated rings. The highest BCUT2D eigenvalue weighted by Crippen LogP contribution is 2.34. The van der Waals surface area contributed by atoms with Crippen LogP contribution >= 0.6 is 22.9 Å². The predicted molar refractivity (Wildman–Crippen MR) is 70.3 cm³/mol. The molecule has 2 N–H and O–H groups in total. The fourth-order valence-corrected chi connectivity index (χ4v) is 3.78. The van der Waals surface area contributed by atoms with Crippen LogP contribution in [0.2, 0.25) is 0 Å². The van der Waals surface area contributed by atoms with Crippen LogP contribution in [-0.2, 0) is 13.0 Å². The van der Waals surface area contributed by atoms with Gasteiger partial charge in [0.1, 0.15) is 10.8 Å². The number of hydrogen-bond acceptors (Lipinski definition) is 5. The average molecular weight is 251 g/mol. The van der Waals surface area contributed by atoms with Crippen LogP contribution < -0.4 is 10.6 Å². The number of nitrogens with zero attached hydrogens (tertiary/aromatic N) is 2. The molecule has 0 aliphatic carbocycles. The summed E-state index contributed by atoms with van der Waals surface area (Å²) in [5, 5.41) is 3.41. The van der Waals surface area contributed by atoms with Crippen molar-refractivity contribution in [2.45, 2.75) is 19.9 Å². The second-order valence-corrected chi connectivity index (χ2v) is 5.79. The third-order valence-corrected chi connectivity index (χ3v) is 5.08. The molecular formula is C11H13N3S2. The van der Waals surface area contributed by atoms with E-state index in [1.54, 1.807) is 0 Å². The van der Waals surface area contributed by atoms with E-state index in [9.17, 15) is 0 Å². The Balaban J connectivity index is 1.91. The molecule has 3 nitrogen and oxygen atoms in total. The highest BCUT2D eigenvalue weighted by atomic mass is 32.1. The lowest BCUT2D eigenvalue weighted by atomic mass is 10.1. The summed E-state index contributed by atoms with van der Waals surface area (Å²) < 4.78 is 4.22. The van der Waals surface area contributed by atoms with Crippen LogP contribution in [0, 0.1) is 6.92 Å². The molecule has 1 aliphatic heterocycles. The summed E-state index contributed by atoms with van der Waals surface area (Å²) in [5.41, 5.74) is 8.39. The van der Waals surface area contributed by atoms with Gasteiger partial charge in [-0.3, -0.25) is 0 Å². The molecule has 2 aromatic heterocycles. The van der Waals surface area contributed by atoms with E-state index in [0.717, 1.165) is 25.1 Å². The second kappa shape index (κ2) is 3.75. The molecule has 0 bridgehead atoms. The summed E-state index contributed by atoms with van der Waals surface area (Å²) in [6.45, 7) is 4.13. The van der Waals surface area contributed by atoms with Gasteiger partial charge in [0.25, 0.3) is 0 Å². The lowest BCUT2D eigenvalue weighted by Gasteiger charge is -2.27. The van der Waals surface area contributed by atoms with E-state index in [1.807, 2.05) is 11.3 Å². The maximum atomic E-state index is 5.80. The van der Waals surface area contributed by atoms with E-state index in [0.29, 0.717) is 5.82 Å². The van der Waals surface area contributed by atoms with Crippen molar-refractivity contribution in [2.75, 3.05) is 17.2 Å². The zero-order chi connectivity index (χ0) is 11.1. The van der Waals surface area contributed by atoms with Crippen molar-refractivity contribution >= 4 is 33.7 Å². The largest absolute Gasteiger partial charge is 0.383 e. The Kier molecular flexibility index (Phi) is 2.37. The molecule has 0 spiro atoms. The Bertz CT molecular complexity index is 515. The van der Waals surface area contributed by atoms with Crippen molar-refractivity contribution in [3.8, 4) is 0 Å². The van der Waals surface area contributed by atoms with Crippen molar-refractivity contribution < 1.29 is 0 Å². The van der Waals surface area contributed by atoms with Gasteiger partial charge in [-0.25, -0.2) is 0 Å². The second-order valence-electron chi connectivity index (χ2n) is 4.04. The molecule has 0 amide bonds. The lowest BCUT2D eigenvalue weighted by Crippen LogP contribution is -2.29. The fraction of sp³-hybridized carbons (Fsp3) is 0.364. The van der Waals surface area contributed by atoms with Crippen molar-refractivity contribution in [2.24, 2.45) is 0 Å². The molecule has 0 aromatic carbocycles. The highest BCUT2D eigenvalue weighted by Gasteiger charge is 2.21. The quantitative estimate of drug-likeness (QED) is 0.847. The SMILES string of the molecule is Cc1c(N)nsc1N1CCc2sccc2C1. The lowest BCUT2D eigenvalue weighted by molar-refractivity contribution is 0.748. The number of nitrogens with two attached hydrogens (primary N) is 1. The molecular weight excluding hydrogens is 238 g/mol.